The van der Waals surface area contributed by atoms with Gasteiger partial charge in [0.25, 0.3) is 0 Å². The summed E-state index contributed by atoms with van der Waals surface area (Å²) in [5.74, 6) is 0.680. The van der Waals surface area contributed by atoms with Crippen LogP contribution in [0.5, 0.6) is 5.75 Å². The fraction of sp³-hybridized carbons (Fsp3) is 0.143. The van der Waals surface area contributed by atoms with Gasteiger partial charge in [-0.3, -0.25) is 0 Å². The lowest BCUT2D eigenvalue weighted by Crippen LogP contribution is -2.03. The number of hydrogen-bond acceptors (Lipinski definition) is 2. The van der Waals surface area contributed by atoms with E-state index in [0.717, 1.165) is 11.3 Å². The molecule has 0 heterocycles. The fourth-order valence-electron chi connectivity index (χ4n) is 1.63. The second-order valence-corrected chi connectivity index (χ2v) is 4.82. The molecule has 4 heteroatoms. The summed E-state index contributed by atoms with van der Waals surface area (Å²) in [5.41, 5.74) is 7.47. The Morgan fingerprint density at radius 2 is 1.83 bits per heavy atom. The van der Waals surface area contributed by atoms with Crippen LogP contribution in [0.4, 0.5) is 5.69 Å². The van der Waals surface area contributed by atoms with Crippen LogP contribution in [0, 0.1) is 0 Å². The summed E-state index contributed by atoms with van der Waals surface area (Å²) in [5, 5.41) is 0.995. The minimum atomic E-state index is -0.106. The summed E-state index contributed by atoms with van der Waals surface area (Å²) in [4.78, 5) is 0. The van der Waals surface area contributed by atoms with Gasteiger partial charge in [0, 0.05) is 11.8 Å². The highest BCUT2D eigenvalue weighted by Gasteiger charge is 2.08. The Bertz CT molecular complexity index is 557. The van der Waals surface area contributed by atoms with Gasteiger partial charge in [0.15, 0.2) is 0 Å². The summed E-state index contributed by atoms with van der Waals surface area (Å²) in [7, 11) is 0. The number of anilines is 1. The molecule has 2 nitrogen and oxygen atoms in total. The van der Waals surface area contributed by atoms with Crippen molar-refractivity contribution in [1.82, 2.24) is 0 Å². The summed E-state index contributed by atoms with van der Waals surface area (Å²) >= 11 is 11.8. The minimum Gasteiger partial charge on any atom is -0.486 e. The van der Waals surface area contributed by atoms with E-state index < -0.39 is 0 Å². The molecule has 0 amide bonds. The Morgan fingerprint density at radius 3 is 2.50 bits per heavy atom. The van der Waals surface area contributed by atoms with Gasteiger partial charge in [0.05, 0.1) is 10.0 Å². The number of nitrogens with two attached hydrogens (primary N) is 1. The summed E-state index contributed by atoms with van der Waals surface area (Å²) in [6, 6.07) is 12.8. The first kappa shape index (κ1) is 13.1. The van der Waals surface area contributed by atoms with E-state index in [1.807, 2.05) is 31.2 Å². The molecule has 2 N–H and O–H groups in total. The number of halogens is 2. The number of hydrogen-bond donors (Lipinski definition) is 1. The maximum atomic E-state index is 5.94. The van der Waals surface area contributed by atoms with Crippen LogP contribution in [0.1, 0.15) is 18.6 Å². The van der Waals surface area contributed by atoms with Crippen molar-refractivity contribution in [2.75, 3.05) is 5.73 Å². The smallest absolute Gasteiger partial charge is 0.121 e. The van der Waals surface area contributed by atoms with Gasteiger partial charge in [0.1, 0.15) is 11.9 Å². The zero-order valence-electron chi connectivity index (χ0n) is 9.86. The van der Waals surface area contributed by atoms with Crippen molar-refractivity contribution in [3.63, 3.8) is 0 Å². The van der Waals surface area contributed by atoms with Crippen molar-refractivity contribution in [3.05, 3.63) is 58.1 Å². The van der Waals surface area contributed by atoms with Gasteiger partial charge < -0.3 is 10.5 Å². The number of ether oxygens (including phenoxy) is 1. The molecule has 0 aliphatic carbocycles. The molecule has 2 aromatic rings. The second-order valence-electron chi connectivity index (χ2n) is 4.01. The van der Waals surface area contributed by atoms with E-state index in [2.05, 4.69) is 0 Å². The molecule has 2 rings (SSSR count). The third kappa shape index (κ3) is 3.09. The lowest BCUT2D eigenvalue weighted by molar-refractivity contribution is 0.227. The maximum absolute atomic E-state index is 5.94. The van der Waals surface area contributed by atoms with Crippen LogP contribution in [0.3, 0.4) is 0 Å². The molecule has 0 spiro atoms. The van der Waals surface area contributed by atoms with Crippen molar-refractivity contribution in [1.29, 1.82) is 0 Å². The molecule has 2 aromatic carbocycles. The Kier molecular flexibility index (Phi) is 4.00. The first-order chi connectivity index (χ1) is 8.56. The number of rotatable bonds is 3. The van der Waals surface area contributed by atoms with E-state index in [1.54, 1.807) is 18.2 Å². The van der Waals surface area contributed by atoms with Crippen LogP contribution in [-0.4, -0.2) is 0 Å². The molecule has 0 saturated heterocycles. The SMILES string of the molecule is CC(Oc1ccc(Cl)c(Cl)c1)c1cccc(N)c1. The predicted octanol–water partition coefficient (Wildman–Crippen LogP) is 4.72. The Hall–Kier alpha value is -1.38. The molecular formula is C14H13Cl2NO. The highest BCUT2D eigenvalue weighted by Crippen LogP contribution is 2.29. The molecule has 0 bridgehead atoms. The van der Waals surface area contributed by atoms with Gasteiger partial charge >= 0.3 is 0 Å². The van der Waals surface area contributed by atoms with Crippen molar-refractivity contribution < 1.29 is 4.74 Å². The minimum absolute atomic E-state index is 0.106. The number of benzene rings is 2. The normalized spacial score (nSPS) is 12.2. The summed E-state index contributed by atoms with van der Waals surface area (Å²) in [6.07, 6.45) is -0.106. The van der Waals surface area contributed by atoms with E-state index in [0.29, 0.717) is 15.8 Å². The third-order valence-corrected chi connectivity index (χ3v) is 3.32. The maximum Gasteiger partial charge on any atom is 0.121 e. The van der Waals surface area contributed by atoms with Crippen LogP contribution in [-0.2, 0) is 0 Å². The highest BCUT2D eigenvalue weighted by molar-refractivity contribution is 6.42. The quantitative estimate of drug-likeness (QED) is 0.827. The van der Waals surface area contributed by atoms with Gasteiger partial charge in [-0.1, -0.05) is 35.3 Å². The van der Waals surface area contributed by atoms with Gasteiger partial charge in [-0.15, -0.1) is 0 Å². The zero-order valence-corrected chi connectivity index (χ0v) is 11.4. The highest BCUT2D eigenvalue weighted by atomic mass is 35.5. The topological polar surface area (TPSA) is 35.2 Å². The Labute approximate surface area is 116 Å². The zero-order chi connectivity index (χ0) is 13.1. The van der Waals surface area contributed by atoms with Gasteiger partial charge in [-0.25, -0.2) is 0 Å². The number of nitrogen functional groups attached to an aromatic ring is 1. The summed E-state index contributed by atoms with van der Waals surface area (Å²) < 4.78 is 5.79. The monoisotopic (exact) mass is 281 g/mol. The van der Waals surface area contributed by atoms with E-state index in [9.17, 15) is 0 Å². The lowest BCUT2D eigenvalue weighted by Gasteiger charge is -2.15. The molecule has 0 fully saturated rings. The average Bonchev–Trinajstić information content (AvgIpc) is 2.34. The molecule has 0 radical (unpaired) electrons. The van der Waals surface area contributed by atoms with Gasteiger partial charge in [-0.2, -0.15) is 0 Å². The lowest BCUT2D eigenvalue weighted by atomic mass is 10.1. The van der Waals surface area contributed by atoms with E-state index in [-0.39, 0.29) is 6.10 Å². The van der Waals surface area contributed by atoms with Crippen LogP contribution in [0.15, 0.2) is 42.5 Å². The van der Waals surface area contributed by atoms with Crippen molar-refractivity contribution in [3.8, 4) is 5.75 Å². The van der Waals surface area contributed by atoms with Crippen LogP contribution < -0.4 is 10.5 Å². The molecule has 18 heavy (non-hydrogen) atoms. The Morgan fingerprint density at radius 1 is 1.06 bits per heavy atom. The average molecular weight is 282 g/mol. The van der Waals surface area contributed by atoms with Crippen LogP contribution >= 0.6 is 23.2 Å². The molecule has 0 saturated carbocycles. The molecule has 94 valence electrons. The largest absolute Gasteiger partial charge is 0.486 e. The van der Waals surface area contributed by atoms with Crippen LogP contribution in [0.2, 0.25) is 10.0 Å². The molecule has 0 aromatic heterocycles. The third-order valence-electron chi connectivity index (χ3n) is 2.58. The fourth-order valence-corrected chi connectivity index (χ4v) is 1.92. The van der Waals surface area contributed by atoms with Gasteiger partial charge in [0.2, 0.25) is 0 Å². The summed E-state index contributed by atoms with van der Waals surface area (Å²) in [6.45, 7) is 1.96. The first-order valence-corrected chi connectivity index (χ1v) is 6.29. The van der Waals surface area contributed by atoms with Crippen molar-refractivity contribution >= 4 is 28.9 Å². The van der Waals surface area contributed by atoms with E-state index >= 15 is 0 Å². The molecule has 0 aliphatic rings. The van der Waals surface area contributed by atoms with E-state index in [1.165, 1.54) is 0 Å². The standard InChI is InChI=1S/C14H13Cl2NO/c1-9(10-3-2-4-11(17)7-10)18-12-5-6-13(15)14(16)8-12/h2-9H,17H2,1H3. The second kappa shape index (κ2) is 5.51. The molecular weight excluding hydrogens is 269 g/mol. The van der Waals surface area contributed by atoms with Crippen molar-refractivity contribution in [2.24, 2.45) is 0 Å². The van der Waals surface area contributed by atoms with Crippen LogP contribution in [0.25, 0.3) is 0 Å². The predicted molar refractivity (Wildman–Crippen MR) is 76.4 cm³/mol. The molecule has 1 atom stereocenters. The first-order valence-electron chi connectivity index (χ1n) is 5.53. The van der Waals surface area contributed by atoms with E-state index in [4.69, 9.17) is 33.7 Å². The molecule has 1 unspecified atom stereocenters. The van der Waals surface area contributed by atoms with Crippen molar-refractivity contribution in [2.45, 2.75) is 13.0 Å². The van der Waals surface area contributed by atoms with Gasteiger partial charge in [-0.05, 0) is 36.8 Å². The molecule has 0 aliphatic heterocycles. The Balaban J connectivity index is 2.16.